The van der Waals surface area contributed by atoms with Crippen LogP contribution in [0.1, 0.15) is 24.4 Å². The van der Waals surface area contributed by atoms with Crippen LogP contribution >= 0.6 is 0 Å². The number of hydrogen-bond donors (Lipinski definition) is 0. The van der Waals surface area contributed by atoms with E-state index < -0.39 is 0 Å². The lowest BCUT2D eigenvalue weighted by molar-refractivity contribution is 0.617. The van der Waals surface area contributed by atoms with Gasteiger partial charge in [-0.15, -0.1) is 0 Å². The Morgan fingerprint density at radius 3 is 2.74 bits per heavy atom. The monoisotopic (exact) mass is 359 g/mol. The van der Waals surface area contributed by atoms with Crippen molar-refractivity contribution in [2.75, 3.05) is 11.4 Å². The molecule has 1 aliphatic rings. The molecular weight excluding hydrogens is 341 g/mol. The van der Waals surface area contributed by atoms with Crippen LogP contribution in [0.25, 0.3) is 17.0 Å². The molecule has 1 atom stereocenters. The molecule has 0 bridgehead atoms. The average molecular weight is 359 g/mol. The molecule has 0 aliphatic carbocycles. The zero-order chi connectivity index (χ0) is 18.2. The minimum absolute atomic E-state index is 0.110. The van der Waals surface area contributed by atoms with Gasteiger partial charge in [0.2, 0.25) is 0 Å². The maximum Gasteiger partial charge on any atom is 0.254 e. The fraction of sp³-hybridized carbons (Fsp3) is 0.190. The molecule has 2 aromatic heterocycles. The standard InChI is InChI=1S/C21H18FN5/c22-17-9-4-8-16(12-17)19-10-5-11-26(19)20-13-18(15-6-2-1-3-7-15)25-21-23-14-24-27(20)21/h1-4,6-9,12-14,19H,5,10-11H2. The van der Waals surface area contributed by atoms with Crippen molar-refractivity contribution in [3.8, 4) is 11.3 Å². The molecule has 5 nitrogen and oxygen atoms in total. The molecule has 0 spiro atoms. The van der Waals surface area contributed by atoms with Crippen molar-refractivity contribution >= 4 is 11.6 Å². The van der Waals surface area contributed by atoms with Crippen LogP contribution in [0.2, 0.25) is 0 Å². The van der Waals surface area contributed by atoms with Gasteiger partial charge in [-0.1, -0.05) is 42.5 Å². The van der Waals surface area contributed by atoms with E-state index in [1.807, 2.05) is 36.4 Å². The Kier molecular flexibility index (Phi) is 3.81. The molecule has 5 rings (SSSR count). The third kappa shape index (κ3) is 2.83. The Balaban J connectivity index is 1.64. The van der Waals surface area contributed by atoms with E-state index in [1.54, 1.807) is 16.6 Å². The lowest BCUT2D eigenvalue weighted by Crippen LogP contribution is -2.25. The van der Waals surface area contributed by atoms with E-state index in [2.05, 4.69) is 26.0 Å². The molecule has 6 heteroatoms. The summed E-state index contributed by atoms with van der Waals surface area (Å²) in [4.78, 5) is 11.2. The van der Waals surface area contributed by atoms with Crippen molar-refractivity contribution in [1.29, 1.82) is 0 Å². The Morgan fingerprint density at radius 1 is 1.00 bits per heavy atom. The first-order valence-corrected chi connectivity index (χ1v) is 9.08. The lowest BCUT2D eigenvalue weighted by atomic mass is 10.0. The van der Waals surface area contributed by atoms with Gasteiger partial charge in [0.15, 0.2) is 0 Å². The highest BCUT2D eigenvalue weighted by atomic mass is 19.1. The second-order valence-electron chi connectivity index (χ2n) is 6.74. The third-order valence-electron chi connectivity index (χ3n) is 5.08. The Morgan fingerprint density at radius 2 is 1.89 bits per heavy atom. The van der Waals surface area contributed by atoms with E-state index in [0.29, 0.717) is 5.78 Å². The van der Waals surface area contributed by atoms with Crippen LogP contribution in [0.4, 0.5) is 10.2 Å². The molecular formula is C21H18FN5. The fourth-order valence-electron chi connectivity index (χ4n) is 3.86. The quantitative estimate of drug-likeness (QED) is 0.548. The van der Waals surface area contributed by atoms with Gasteiger partial charge in [0.05, 0.1) is 11.7 Å². The lowest BCUT2D eigenvalue weighted by Gasteiger charge is -2.27. The van der Waals surface area contributed by atoms with Crippen LogP contribution in [-0.4, -0.2) is 26.1 Å². The van der Waals surface area contributed by atoms with Crippen molar-refractivity contribution in [2.24, 2.45) is 0 Å². The topological polar surface area (TPSA) is 46.3 Å². The predicted octanol–water partition coefficient (Wildman–Crippen LogP) is 4.27. The first-order valence-electron chi connectivity index (χ1n) is 9.08. The molecule has 1 aliphatic heterocycles. The Bertz CT molecular complexity index is 1090. The largest absolute Gasteiger partial charge is 0.349 e. The summed E-state index contributed by atoms with van der Waals surface area (Å²) in [6.45, 7) is 0.883. The van der Waals surface area contributed by atoms with Crippen molar-refractivity contribution in [3.05, 3.63) is 78.4 Å². The number of benzene rings is 2. The molecule has 0 radical (unpaired) electrons. The van der Waals surface area contributed by atoms with Crippen LogP contribution in [-0.2, 0) is 0 Å². The molecule has 4 aromatic rings. The summed E-state index contributed by atoms with van der Waals surface area (Å²) in [6.07, 6.45) is 3.54. The second-order valence-corrected chi connectivity index (χ2v) is 6.74. The van der Waals surface area contributed by atoms with Crippen molar-refractivity contribution in [1.82, 2.24) is 19.6 Å². The molecule has 2 aromatic carbocycles. The zero-order valence-electron chi connectivity index (χ0n) is 14.7. The Hall–Kier alpha value is -3.28. The summed E-state index contributed by atoms with van der Waals surface area (Å²) in [6, 6.07) is 19.1. The predicted molar refractivity (Wildman–Crippen MR) is 102 cm³/mol. The molecule has 1 fully saturated rings. The number of anilines is 1. The molecule has 3 heterocycles. The summed E-state index contributed by atoms with van der Waals surface area (Å²) in [5, 5.41) is 4.37. The highest BCUT2D eigenvalue weighted by Gasteiger charge is 2.29. The second kappa shape index (κ2) is 6.46. The number of hydrogen-bond acceptors (Lipinski definition) is 4. The van der Waals surface area contributed by atoms with Crippen LogP contribution in [0.5, 0.6) is 0 Å². The van der Waals surface area contributed by atoms with Crippen molar-refractivity contribution in [3.63, 3.8) is 0 Å². The van der Waals surface area contributed by atoms with Crippen LogP contribution in [0.15, 0.2) is 67.0 Å². The normalized spacial score (nSPS) is 16.9. The van der Waals surface area contributed by atoms with E-state index >= 15 is 0 Å². The summed E-state index contributed by atoms with van der Waals surface area (Å²) < 4.78 is 15.6. The third-order valence-corrected chi connectivity index (χ3v) is 5.08. The Labute approximate surface area is 156 Å². The first-order chi connectivity index (χ1) is 13.3. The molecule has 27 heavy (non-hydrogen) atoms. The molecule has 0 N–H and O–H groups in total. The molecule has 1 unspecified atom stereocenters. The maximum atomic E-state index is 13.8. The SMILES string of the molecule is Fc1cccc(C2CCCN2c2cc(-c3ccccc3)nc3ncnn23)c1. The summed E-state index contributed by atoms with van der Waals surface area (Å²) >= 11 is 0. The number of rotatable bonds is 3. The van der Waals surface area contributed by atoms with Crippen molar-refractivity contribution < 1.29 is 4.39 Å². The van der Waals surface area contributed by atoms with Crippen LogP contribution < -0.4 is 4.90 Å². The molecule has 0 amide bonds. The van der Waals surface area contributed by atoms with Gasteiger partial charge in [-0.05, 0) is 30.5 Å². The highest BCUT2D eigenvalue weighted by molar-refractivity contribution is 5.66. The number of aromatic nitrogens is 4. The van der Waals surface area contributed by atoms with E-state index in [1.165, 1.54) is 12.4 Å². The minimum atomic E-state index is -0.204. The van der Waals surface area contributed by atoms with Gasteiger partial charge in [-0.25, -0.2) is 9.37 Å². The molecule has 134 valence electrons. The van der Waals surface area contributed by atoms with Gasteiger partial charge in [-0.3, -0.25) is 0 Å². The van der Waals surface area contributed by atoms with Crippen LogP contribution in [0.3, 0.4) is 0 Å². The smallest absolute Gasteiger partial charge is 0.254 e. The highest BCUT2D eigenvalue weighted by Crippen LogP contribution is 2.37. The fourth-order valence-corrected chi connectivity index (χ4v) is 3.86. The van der Waals surface area contributed by atoms with Gasteiger partial charge in [0, 0.05) is 18.2 Å². The summed E-state index contributed by atoms with van der Waals surface area (Å²) in [5.41, 5.74) is 2.88. The van der Waals surface area contributed by atoms with E-state index in [0.717, 1.165) is 42.0 Å². The van der Waals surface area contributed by atoms with Gasteiger partial charge in [0.25, 0.3) is 5.78 Å². The van der Waals surface area contributed by atoms with E-state index in [-0.39, 0.29) is 11.9 Å². The van der Waals surface area contributed by atoms with Crippen LogP contribution in [0, 0.1) is 5.82 Å². The number of fused-ring (bicyclic) bond motifs is 1. The molecule has 0 saturated carbocycles. The van der Waals surface area contributed by atoms with Gasteiger partial charge in [0.1, 0.15) is 18.0 Å². The number of halogens is 1. The first kappa shape index (κ1) is 15.9. The van der Waals surface area contributed by atoms with Gasteiger partial charge in [-0.2, -0.15) is 14.6 Å². The van der Waals surface area contributed by atoms with Gasteiger partial charge < -0.3 is 4.90 Å². The summed E-state index contributed by atoms with van der Waals surface area (Å²) in [7, 11) is 0. The maximum absolute atomic E-state index is 13.8. The average Bonchev–Trinajstić information content (AvgIpc) is 3.37. The van der Waals surface area contributed by atoms with Gasteiger partial charge >= 0.3 is 0 Å². The zero-order valence-corrected chi connectivity index (χ0v) is 14.7. The number of nitrogens with zero attached hydrogens (tertiary/aromatic N) is 5. The molecule has 1 saturated heterocycles. The van der Waals surface area contributed by atoms with Crippen molar-refractivity contribution in [2.45, 2.75) is 18.9 Å². The minimum Gasteiger partial charge on any atom is -0.349 e. The van der Waals surface area contributed by atoms with E-state index in [4.69, 9.17) is 0 Å². The van der Waals surface area contributed by atoms with E-state index in [9.17, 15) is 4.39 Å². The summed E-state index contributed by atoms with van der Waals surface area (Å²) in [5.74, 6) is 1.30.